The highest BCUT2D eigenvalue weighted by Gasteiger charge is 2.23. The van der Waals surface area contributed by atoms with Crippen molar-refractivity contribution in [2.75, 3.05) is 31.1 Å². The van der Waals surface area contributed by atoms with Crippen LogP contribution in [0.25, 0.3) is 0 Å². The van der Waals surface area contributed by atoms with Crippen LogP contribution in [0.1, 0.15) is 26.5 Å². The molecule has 3 heterocycles. The third-order valence-corrected chi connectivity index (χ3v) is 5.06. The van der Waals surface area contributed by atoms with Gasteiger partial charge in [0.05, 0.1) is 5.56 Å². The Kier molecular flexibility index (Phi) is 4.63. The maximum Gasteiger partial charge on any atom is 0.252 e. The Labute approximate surface area is 140 Å². The Morgan fingerprint density at radius 3 is 2.65 bits per heavy atom. The highest BCUT2D eigenvalue weighted by molar-refractivity contribution is 7.09. The number of aromatic nitrogens is 1. The zero-order valence-corrected chi connectivity index (χ0v) is 14.4. The summed E-state index contributed by atoms with van der Waals surface area (Å²) in [6.07, 6.45) is 0. The number of carbonyl (C=O) groups is 1. The minimum atomic E-state index is -0.397. The van der Waals surface area contributed by atoms with E-state index in [4.69, 9.17) is 5.73 Å². The molecule has 1 fully saturated rings. The summed E-state index contributed by atoms with van der Waals surface area (Å²) in [6, 6.07) is 6.18. The molecule has 0 bridgehead atoms. The van der Waals surface area contributed by atoms with Crippen LogP contribution < -0.4 is 10.6 Å². The highest BCUT2D eigenvalue weighted by Crippen LogP contribution is 2.24. The number of pyridine rings is 1. The predicted octanol–water partition coefficient (Wildman–Crippen LogP) is 2.18. The number of anilines is 1. The second kappa shape index (κ2) is 6.68. The lowest BCUT2D eigenvalue weighted by Gasteiger charge is -2.36. The quantitative estimate of drug-likeness (QED) is 0.933. The van der Waals surface area contributed by atoms with E-state index in [1.165, 1.54) is 4.88 Å². The zero-order chi connectivity index (χ0) is 16.4. The predicted molar refractivity (Wildman–Crippen MR) is 94.0 cm³/mol. The van der Waals surface area contributed by atoms with Gasteiger partial charge in [0.1, 0.15) is 5.82 Å². The summed E-state index contributed by atoms with van der Waals surface area (Å²) in [7, 11) is 0. The molecule has 6 heteroatoms. The van der Waals surface area contributed by atoms with Crippen LogP contribution in [0.5, 0.6) is 0 Å². The van der Waals surface area contributed by atoms with E-state index in [9.17, 15) is 4.79 Å². The summed E-state index contributed by atoms with van der Waals surface area (Å²) >= 11 is 1.80. The van der Waals surface area contributed by atoms with Gasteiger partial charge in [0.15, 0.2) is 0 Å². The fourth-order valence-electron chi connectivity index (χ4n) is 3.09. The van der Waals surface area contributed by atoms with Crippen molar-refractivity contribution in [1.82, 2.24) is 9.88 Å². The first-order valence-electron chi connectivity index (χ1n) is 7.82. The Hall–Kier alpha value is -1.92. The molecule has 3 rings (SSSR count). The molecule has 0 saturated carbocycles. The number of piperazine rings is 1. The van der Waals surface area contributed by atoms with Crippen molar-refractivity contribution in [3.05, 3.63) is 45.3 Å². The van der Waals surface area contributed by atoms with E-state index in [1.54, 1.807) is 11.3 Å². The number of amides is 1. The van der Waals surface area contributed by atoms with Gasteiger partial charge in [-0.25, -0.2) is 4.98 Å². The molecular weight excluding hydrogens is 308 g/mol. The van der Waals surface area contributed by atoms with Gasteiger partial charge in [-0.05, 0) is 36.9 Å². The third kappa shape index (κ3) is 3.54. The fraction of sp³-hybridized carbons (Fsp3) is 0.412. The molecule has 0 radical (unpaired) electrons. The minimum absolute atomic E-state index is 0.397. The fourth-order valence-corrected chi connectivity index (χ4v) is 3.84. The second-order valence-corrected chi connectivity index (χ2v) is 7.02. The largest absolute Gasteiger partial charge is 0.365 e. The van der Waals surface area contributed by atoms with Crippen molar-refractivity contribution >= 4 is 23.1 Å². The molecule has 2 N–H and O–H groups in total. The number of hydrogen-bond donors (Lipinski definition) is 1. The number of hydrogen-bond acceptors (Lipinski definition) is 5. The lowest BCUT2D eigenvalue weighted by atomic mass is 10.1. The molecule has 0 aromatic carbocycles. The van der Waals surface area contributed by atoms with Crippen LogP contribution in [0.2, 0.25) is 0 Å². The summed E-state index contributed by atoms with van der Waals surface area (Å²) in [5.41, 5.74) is 7.96. The molecule has 1 amide bonds. The van der Waals surface area contributed by atoms with E-state index in [0.29, 0.717) is 5.56 Å². The molecule has 2 aromatic heterocycles. The number of rotatable bonds is 4. The zero-order valence-electron chi connectivity index (χ0n) is 13.6. The molecule has 0 spiro atoms. The standard InChI is InChI=1S/C17H22N4OS/c1-12-10-13(2)19-17(15(12)16(18)22)21-7-5-20(6-8-21)11-14-4-3-9-23-14/h3-4,9-10H,5-8,11H2,1-2H3,(H2,18,22). The van der Waals surface area contributed by atoms with Gasteiger partial charge in [0.25, 0.3) is 5.91 Å². The smallest absolute Gasteiger partial charge is 0.252 e. The van der Waals surface area contributed by atoms with Crippen LogP contribution in [0.15, 0.2) is 23.6 Å². The van der Waals surface area contributed by atoms with Crippen molar-refractivity contribution < 1.29 is 4.79 Å². The van der Waals surface area contributed by atoms with Crippen LogP contribution in [-0.4, -0.2) is 42.0 Å². The molecule has 23 heavy (non-hydrogen) atoms. The lowest BCUT2D eigenvalue weighted by Crippen LogP contribution is -2.46. The Morgan fingerprint density at radius 2 is 2.04 bits per heavy atom. The van der Waals surface area contributed by atoms with Gasteiger partial charge < -0.3 is 10.6 Å². The van der Waals surface area contributed by atoms with E-state index in [2.05, 4.69) is 32.3 Å². The highest BCUT2D eigenvalue weighted by atomic mass is 32.1. The van der Waals surface area contributed by atoms with Gasteiger partial charge >= 0.3 is 0 Å². The monoisotopic (exact) mass is 330 g/mol. The van der Waals surface area contributed by atoms with Crippen LogP contribution in [0.3, 0.4) is 0 Å². The Balaban J connectivity index is 1.73. The molecule has 0 aliphatic carbocycles. The van der Waals surface area contributed by atoms with Gasteiger partial charge in [-0.15, -0.1) is 11.3 Å². The number of carbonyl (C=O) groups excluding carboxylic acids is 1. The van der Waals surface area contributed by atoms with Crippen molar-refractivity contribution in [2.24, 2.45) is 5.73 Å². The molecule has 122 valence electrons. The van der Waals surface area contributed by atoms with Gasteiger partial charge in [0, 0.05) is 43.3 Å². The van der Waals surface area contributed by atoms with E-state index >= 15 is 0 Å². The van der Waals surface area contributed by atoms with Crippen molar-refractivity contribution in [3.8, 4) is 0 Å². The average Bonchev–Trinajstić information content (AvgIpc) is 2.99. The summed E-state index contributed by atoms with van der Waals surface area (Å²) in [4.78, 5) is 22.4. The van der Waals surface area contributed by atoms with Gasteiger partial charge in [-0.2, -0.15) is 0 Å². The molecule has 1 aliphatic rings. The van der Waals surface area contributed by atoms with Gasteiger partial charge in [-0.3, -0.25) is 9.69 Å². The van der Waals surface area contributed by atoms with Crippen molar-refractivity contribution in [2.45, 2.75) is 20.4 Å². The van der Waals surface area contributed by atoms with Crippen molar-refractivity contribution in [3.63, 3.8) is 0 Å². The number of nitrogens with zero attached hydrogens (tertiary/aromatic N) is 3. The van der Waals surface area contributed by atoms with Crippen molar-refractivity contribution in [1.29, 1.82) is 0 Å². The maximum atomic E-state index is 11.8. The molecule has 1 aliphatic heterocycles. The molecule has 1 saturated heterocycles. The van der Waals surface area contributed by atoms with Crippen LogP contribution in [0, 0.1) is 13.8 Å². The topological polar surface area (TPSA) is 62.5 Å². The molecule has 2 aromatic rings. The van der Waals surface area contributed by atoms with Crippen LogP contribution >= 0.6 is 11.3 Å². The average molecular weight is 330 g/mol. The van der Waals surface area contributed by atoms with Gasteiger partial charge in [0.2, 0.25) is 0 Å². The van der Waals surface area contributed by atoms with E-state index < -0.39 is 5.91 Å². The van der Waals surface area contributed by atoms with E-state index in [-0.39, 0.29) is 0 Å². The summed E-state index contributed by atoms with van der Waals surface area (Å²) in [5, 5.41) is 2.12. The van der Waals surface area contributed by atoms with E-state index in [0.717, 1.165) is 49.8 Å². The number of nitrogens with two attached hydrogens (primary N) is 1. The number of aryl methyl sites for hydroxylation is 2. The second-order valence-electron chi connectivity index (χ2n) is 5.99. The number of primary amides is 1. The Bertz CT molecular complexity index is 691. The maximum absolute atomic E-state index is 11.8. The van der Waals surface area contributed by atoms with E-state index in [1.807, 2.05) is 19.9 Å². The normalized spacial score (nSPS) is 15.8. The minimum Gasteiger partial charge on any atom is -0.365 e. The summed E-state index contributed by atoms with van der Waals surface area (Å²) < 4.78 is 0. The SMILES string of the molecule is Cc1cc(C)c(C(N)=O)c(N2CCN(Cc3cccs3)CC2)n1. The first-order valence-corrected chi connectivity index (χ1v) is 8.70. The lowest BCUT2D eigenvalue weighted by molar-refractivity contribution is 0.0999. The number of thiophene rings is 1. The summed E-state index contributed by atoms with van der Waals surface area (Å²) in [5.74, 6) is 0.344. The third-order valence-electron chi connectivity index (χ3n) is 4.20. The van der Waals surface area contributed by atoms with Crippen LogP contribution in [0.4, 0.5) is 5.82 Å². The van der Waals surface area contributed by atoms with Gasteiger partial charge in [-0.1, -0.05) is 6.07 Å². The molecule has 0 unspecified atom stereocenters. The van der Waals surface area contributed by atoms with Crippen LogP contribution in [-0.2, 0) is 6.54 Å². The molecule has 0 atom stereocenters. The molecule has 5 nitrogen and oxygen atoms in total. The Morgan fingerprint density at radius 1 is 1.30 bits per heavy atom. The first kappa shape index (κ1) is 16.0. The molecular formula is C17H22N4OS. The summed E-state index contributed by atoms with van der Waals surface area (Å²) in [6.45, 7) is 8.52. The first-order chi connectivity index (χ1) is 11.0.